The van der Waals surface area contributed by atoms with Crippen molar-refractivity contribution in [3.8, 4) is 22.5 Å². The van der Waals surface area contributed by atoms with Crippen LogP contribution in [0.2, 0.25) is 0 Å². The molecule has 3 aromatic heterocycles. The number of aromatic nitrogens is 4. The Labute approximate surface area is 187 Å². The molecule has 0 atom stereocenters. The standard InChI is InChI=1S/C24H19N5O2S/c1-16-5-7-17(8-6-16)20-12-23(31)29(15-25-20)14-22(30)26-19-4-2-3-18(11-19)21-13-28-9-10-32-24(28)27-21/h2-13,15H,14H2,1H3,(H,26,30). The number of carbonyl (C=O) groups is 1. The summed E-state index contributed by atoms with van der Waals surface area (Å²) in [6.07, 6.45) is 5.32. The predicted octanol–water partition coefficient (Wildman–Crippen LogP) is 4.23. The molecule has 158 valence electrons. The lowest BCUT2D eigenvalue weighted by Crippen LogP contribution is -2.27. The minimum Gasteiger partial charge on any atom is -0.325 e. The van der Waals surface area contributed by atoms with E-state index >= 15 is 0 Å². The molecular formula is C24H19N5O2S. The molecular weight excluding hydrogens is 422 g/mol. The van der Waals surface area contributed by atoms with Crippen LogP contribution in [-0.4, -0.2) is 24.8 Å². The zero-order chi connectivity index (χ0) is 22.1. The largest absolute Gasteiger partial charge is 0.325 e. The topological polar surface area (TPSA) is 81.3 Å². The molecule has 0 fully saturated rings. The highest BCUT2D eigenvalue weighted by atomic mass is 32.1. The van der Waals surface area contributed by atoms with Gasteiger partial charge in [0.1, 0.15) is 6.54 Å². The summed E-state index contributed by atoms with van der Waals surface area (Å²) in [5.41, 5.74) is 4.67. The molecule has 0 aliphatic heterocycles. The molecule has 5 rings (SSSR count). The van der Waals surface area contributed by atoms with Crippen LogP contribution in [0.25, 0.3) is 27.5 Å². The van der Waals surface area contributed by atoms with Crippen LogP contribution in [0.5, 0.6) is 0 Å². The van der Waals surface area contributed by atoms with Crippen LogP contribution >= 0.6 is 11.3 Å². The SMILES string of the molecule is Cc1ccc(-c2cc(=O)n(CC(=O)Nc3cccc(-c4cn5ccsc5n4)c3)cn2)cc1. The fourth-order valence-corrected chi connectivity index (χ4v) is 4.10. The van der Waals surface area contributed by atoms with E-state index in [9.17, 15) is 9.59 Å². The van der Waals surface area contributed by atoms with Crippen LogP contribution in [0.1, 0.15) is 5.56 Å². The number of carbonyl (C=O) groups excluding carboxylic acids is 1. The monoisotopic (exact) mass is 441 g/mol. The molecule has 0 saturated heterocycles. The molecule has 3 heterocycles. The molecule has 5 aromatic rings. The summed E-state index contributed by atoms with van der Waals surface area (Å²) in [7, 11) is 0. The normalized spacial score (nSPS) is 11.0. The Hall–Kier alpha value is -4.04. The van der Waals surface area contributed by atoms with Crippen molar-refractivity contribution < 1.29 is 4.79 Å². The van der Waals surface area contributed by atoms with Crippen LogP contribution in [0.15, 0.2) is 83.5 Å². The molecule has 0 aliphatic rings. The van der Waals surface area contributed by atoms with E-state index in [2.05, 4.69) is 15.3 Å². The number of aryl methyl sites for hydroxylation is 1. The van der Waals surface area contributed by atoms with Gasteiger partial charge in [-0.15, -0.1) is 11.3 Å². The molecule has 8 heteroatoms. The van der Waals surface area contributed by atoms with Gasteiger partial charge in [-0.2, -0.15) is 0 Å². The van der Waals surface area contributed by atoms with Gasteiger partial charge in [0, 0.05) is 40.7 Å². The first-order chi connectivity index (χ1) is 15.5. The second-order valence-electron chi connectivity index (χ2n) is 7.45. The number of amides is 1. The Morgan fingerprint density at radius 3 is 2.69 bits per heavy atom. The van der Waals surface area contributed by atoms with E-state index in [1.54, 1.807) is 17.4 Å². The minimum atomic E-state index is -0.306. The summed E-state index contributed by atoms with van der Waals surface area (Å²) >= 11 is 1.56. The molecule has 0 aliphatic carbocycles. The lowest BCUT2D eigenvalue weighted by atomic mass is 10.1. The Balaban J connectivity index is 1.30. The molecule has 0 spiro atoms. The van der Waals surface area contributed by atoms with Crippen molar-refractivity contribution in [2.45, 2.75) is 13.5 Å². The van der Waals surface area contributed by atoms with Crippen molar-refractivity contribution in [1.29, 1.82) is 0 Å². The summed E-state index contributed by atoms with van der Waals surface area (Å²) in [6.45, 7) is 1.88. The van der Waals surface area contributed by atoms with Crippen LogP contribution in [0.3, 0.4) is 0 Å². The van der Waals surface area contributed by atoms with Crippen molar-refractivity contribution in [1.82, 2.24) is 18.9 Å². The fraction of sp³-hybridized carbons (Fsp3) is 0.0833. The van der Waals surface area contributed by atoms with E-state index in [1.165, 1.54) is 17.0 Å². The first-order valence-corrected chi connectivity index (χ1v) is 10.9. The van der Waals surface area contributed by atoms with Crippen LogP contribution in [-0.2, 0) is 11.3 Å². The van der Waals surface area contributed by atoms with E-state index in [1.807, 2.05) is 71.6 Å². The van der Waals surface area contributed by atoms with E-state index in [-0.39, 0.29) is 18.0 Å². The molecule has 7 nitrogen and oxygen atoms in total. The second kappa shape index (κ2) is 8.24. The average Bonchev–Trinajstić information content (AvgIpc) is 3.38. The number of fused-ring (bicyclic) bond motifs is 1. The molecule has 0 radical (unpaired) electrons. The lowest BCUT2D eigenvalue weighted by molar-refractivity contribution is -0.116. The molecule has 2 aromatic carbocycles. The molecule has 32 heavy (non-hydrogen) atoms. The van der Waals surface area contributed by atoms with E-state index in [0.29, 0.717) is 11.4 Å². The van der Waals surface area contributed by atoms with Gasteiger partial charge in [0.15, 0.2) is 4.96 Å². The van der Waals surface area contributed by atoms with Crippen LogP contribution in [0, 0.1) is 6.92 Å². The summed E-state index contributed by atoms with van der Waals surface area (Å²) in [6, 6.07) is 16.7. The number of nitrogens with zero attached hydrogens (tertiary/aromatic N) is 4. The Morgan fingerprint density at radius 2 is 1.91 bits per heavy atom. The second-order valence-corrected chi connectivity index (χ2v) is 8.33. The molecule has 0 saturated carbocycles. The van der Waals surface area contributed by atoms with Gasteiger partial charge in [0.05, 0.1) is 17.7 Å². The number of thiazole rings is 1. The average molecular weight is 442 g/mol. The fourth-order valence-electron chi connectivity index (χ4n) is 3.40. The first-order valence-electron chi connectivity index (χ1n) is 10.0. The van der Waals surface area contributed by atoms with Crippen molar-refractivity contribution in [3.63, 3.8) is 0 Å². The number of anilines is 1. The van der Waals surface area contributed by atoms with E-state index < -0.39 is 0 Å². The minimum absolute atomic E-state index is 0.121. The number of hydrogen-bond acceptors (Lipinski definition) is 5. The quantitative estimate of drug-likeness (QED) is 0.442. The summed E-state index contributed by atoms with van der Waals surface area (Å²) in [5.74, 6) is -0.306. The lowest BCUT2D eigenvalue weighted by Gasteiger charge is -2.09. The molecule has 1 N–H and O–H groups in total. The third kappa shape index (κ3) is 4.08. The highest BCUT2D eigenvalue weighted by Crippen LogP contribution is 2.24. The summed E-state index contributed by atoms with van der Waals surface area (Å²) in [5, 5.41) is 4.83. The molecule has 0 unspecified atom stereocenters. The van der Waals surface area contributed by atoms with Crippen molar-refractivity contribution in [2.24, 2.45) is 0 Å². The summed E-state index contributed by atoms with van der Waals surface area (Å²) in [4.78, 5) is 34.9. The zero-order valence-corrected chi connectivity index (χ0v) is 18.0. The Kier molecular flexibility index (Phi) is 5.12. The maximum absolute atomic E-state index is 12.6. The summed E-state index contributed by atoms with van der Waals surface area (Å²) < 4.78 is 3.26. The number of imidazole rings is 1. The van der Waals surface area contributed by atoms with Gasteiger partial charge >= 0.3 is 0 Å². The van der Waals surface area contributed by atoms with Crippen molar-refractivity contribution in [3.05, 3.63) is 94.6 Å². The number of hydrogen-bond donors (Lipinski definition) is 1. The third-order valence-electron chi connectivity index (χ3n) is 5.08. The van der Waals surface area contributed by atoms with Gasteiger partial charge in [0.25, 0.3) is 5.56 Å². The highest BCUT2D eigenvalue weighted by molar-refractivity contribution is 7.15. The maximum atomic E-state index is 12.6. The van der Waals surface area contributed by atoms with E-state index in [0.717, 1.165) is 27.3 Å². The van der Waals surface area contributed by atoms with Gasteiger partial charge in [-0.25, -0.2) is 9.97 Å². The van der Waals surface area contributed by atoms with Gasteiger partial charge in [-0.1, -0.05) is 42.0 Å². The van der Waals surface area contributed by atoms with Crippen LogP contribution in [0.4, 0.5) is 5.69 Å². The van der Waals surface area contributed by atoms with Gasteiger partial charge in [0.2, 0.25) is 5.91 Å². The van der Waals surface area contributed by atoms with Crippen LogP contribution < -0.4 is 10.9 Å². The smallest absolute Gasteiger partial charge is 0.254 e. The molecule has 1 amide bonds. The Bertz CT molecular complexity index is 1450. The first kappa shape index (κ1) is 19.9. The van der Waals surface area contributed by atoms with Gasteiger partial charge in [-0.3, -0.25) is 18.6 Å². The number of benzene rings is 2. The van der Waals surface area contributed by atoms with Gasteiger partial charge in [-0.05, 0) is 19.1 Å². The number of rotatable bonds is 5. The predicted molar refractivity (Wildman–Crippen MR) is 126 cm³/mol. The van der Waals surface area contributed by atoms with E-state index in [4.69, 9.17) is 0 Å². The van der Waals surface area contributed by atoms with Crippen molar-refractivity contribution >= 4 is 27.9 Å². The van der Waals surface area contributed by atoms with Gasteiger partial charge < -0.3 is 5.32 Å². The highest BCUT2D eigenvalue weighted by Gasteiger charge is 2.10. The number of nitrogens with one attached hydrogen (secondary N) is 1. The molecule has 0 bridgehead atoms. The van der Waals surface area contributed by atoms with Crippen molar-refractivity contribution in [2.75, 3.05) is 5.32 Å². The third-order valence-corrected chi connectivity index (χ3v) is 5.85. The maximum Gasteiger partial charge on any atom is 0.254 e. The zero-order valence-electron chi connectivity index (χ0n) is 17.2. The Morgan fingerprint density at radius 1 is 1.06 bits per heavy atom.